The van der Waals surface area contributed by atoms with Crippen LogP contribution < -0.4 is 18.9 Å². The Morgan fingerprint density at radius 3 is 1.74 bits per heavy atom. The maximum Gasteiger partial charge on any atom is 0.161 e. The van der Waals surface area contributed by atoms with Gasteiger partial charge in [-0.25, -0.2) is 0 Å². The predicted molar refractivity (Wildman–Crippen MR) is 104 cm³/mol. The second kappa shape index (κ2) is 7.69. The molecule has 0 bridgehead atoms. The van der Waals surface area contributed by atoms with E-state index in [-0.39, 0.29) is 17.8 Å². The quantitative estimate of drug-likeness (QED) is 0.854. The van der Waals surface area contributed by atoms with Crippen molar-refractivity contribution in [1.82, 2.24) is 0 Å². The van der Waals surface area contributed by atoms with E-state index < -0.39 is 6.10 Å². The highest BCUT2D eigenvalue weighted by Gasteiger charge is 2.39. The second-order valence-corrected chi connectivity index (χ2v) is 7.09. The molecule has 0 saturated carbocycles. The maximum absolute atomic E-state index is 10.9. The molecule has 0 spiro atoms. The third-order valence-electron chi connectivity index (χ3n) is 5.86. The van der Waals surface area contributed by atoms with E-state index in [1.165, 1.54) is 0 Å². The summed E-state index contributed by atoms with van der Waals surface area (Å²) in [6, 6.07) is 9.89. The van der Waals surface area contributed by atoms with Crippen molar-refractivity contribution in [2.45, 2.75) is 25.9 Å². The molecule has 0 fully saturated rings. The fraction of sp³-hybridized carbons (Fsp3) is 0.455. The Balaban J connectivity index is 2.20. The van der Waals surface area contributed by atoms with Crippen molar-refractivity contribution >= 4 is 0 Å². The standard InChI is InChI=1S/C22H28O5/c1-12-13(2)22(23)16-11-20(27-6)19(26-5)10-15(16)21(12)14-7-8-17(24-3)18(9-14)25-4/h7-13,21-23H,1-6H3/t12-,13-,21-,22+/m1/s1. The van der Waals surface area contributed by atoms with E-state index in [9.17, 15) is 5.11 Å². The van der Waals surface area contributed by atoms with E-state index in [2.05, 4.69) is 19.9 Å². The van der Waals surface area contributed by atoms with Crippen LogP contribution in [0.15, 0.2) is 30.3 Å². The molecule has 5 nitrogen and oxygen atoms in total. The summed E-state index contributed by atoms with van der Waals surface area (Å²) >= 11 is 0. The van der Waals surface area contributed by atoms with E-state index in [4.69, 9.17) is 18.9 Å². The molecule has 0 aliphatic heterocycles. The zero-order valence-electron chi connectivity index (χ0n) is 16.8. The van der Waals surface area contributed by atoms with Gasteiger partial charge in [0.25, 0.3) is 0 Å². The fourth-order valence-electron chi connectivity index (χ4n) is 4.12. The van der Waals surface area contributed by atoms with Gasteiger partial charge in [-0.3, -0.25) is 0 Å². The summed E-state index contributed by atoms with van der Waals surface area (Å²) in [7, 11) is 6.50. The topological polar surface area (TPSA) is 57.2 Å². The minimum absolute atomic E-state index is 0.0914. The van der Waals surface area contributed by atoms with E-state index >= 15 is 0 Å². The van der Waals surface area contributed by atoms with E-state index in [0.717, 1.165) is 16.7 Å². The van der Waals surface area contributed by atoms with Crippen LogP contribution in [-0.4, -0.2) is 33.5 Å². The molecule has 1 aliphatic rings. The van der Waals surface area contributed by atoms with Gasteiger partial charge in [0.1, 0.15) is 0 Å². The molecule has 0 heterocycles. The first-order valence-corrected chi connectivity index (χ1v) is 9.12. The Morgan fingerprint density at radius 2 is 1.19 bits per heavy atom. The summed E-state index contributed by atoms with van der Waals surface area (Å²) in [5.74, 6) is 3.10. The Labute approximate surface area is 160 Å². The Hall–Kier alpha value is -2.40. The molecule has 5 heteroatoms. The van der Waals surface area contributed by atoms with Gasteiger partial charge in [0.2, 0.25) is 0 Å². The average Bonchev–Trinajstić information content (AvgIpc) is 2.71. The molecule has 0 unspecified atom stereocenters. The molecule has 1 aliphatic carbocycles. The SMILES string of the molecule is COc1ccc([C@@H]2c3cc(OC)c(OC)cc3[C@@H](O)[C@H](C)[C@H]2C)cc1OC. The third-order valence-corrected chi connectivity index (χ3v) is 5.86. The molecule has 0 amide bonds. The van der Waals surface area contributed by atoms with Gasteiger partial charge in [0.15, 0.2) is 23.0 Å². The molecule has 1 N–H and O–H groups in total. The van der Waals surface area contributed by atoms with Crippen molar-refractivity contribution in [2.75, 3.05) is 28.4 Å². The van der Waals surface area contributed by atoms with Gasteiger partial charge < -0.3 is 24.1 Å². The van der Waals surface area contributed by atoms with Crippen LogP contribution in [-0.2, 0) is 0 Å². The Bertz CT molecular complexity index is 817. The maximum atomic E-state index is 10.9. The van der Waals surface area contributed by atoms with Gasteiger partial charge in [-0.05, 0) is 52.8 Å². The number of hydrogen-bond acceptors (Lipinski definition) is 5. The summed E-state index contributed by atoms with van der Waals surface area (Å²) < 4.78 is 21.8. The lowest BCUT2D eigenvalue weighted by Gasteiger charge is -2.40. The number of hydrogen-bond donors (Lipinski definition) is 1. The fourth-order valence-corrected chi connectivity index (χ4v) is 4.12. The van der Waals surface area contributed by atoms with E-state index in [1.54, 1.807) is 28.4 Å². The first-order chi connectivity index (χ1) is 13.0. The average molecular weight is 372 g/mol. The van der Waals surface area contributed by atoms with Crippen LogP contribution in [0.5, 0.6) is 23.0 Å². The minimum Gasteiger partial charge on any atom is -0.493 e. The lowest BCUT2D eigenvalue weighted by Crippen LogP contribution is -2.30. The molecule has 146 valence electrons. The summed E-state index contributed by atoms with van der Waals surface area (Å²) in [4.78, 5) is 0. The van der Waals surface area contributed by atoms with E-state index in [1.807, 2.05) is 24.3 Å². The zero-order chi connectivity index (χ0) is 19.7. The van der Waals surface area contributed by atoms with Crippen LogP contribution in [0.2, 0.25) is 0 Å². The number of fused-ring (bicyclic) bond motifs is 1. The minimum atomic E-state index is -0.550. The summed E-state index contributed by atoms with van der Waals surface area (Å²) in [5.41, 5.74) is 3.06. The third kappa shape index (κ3) is 3.21. The van der Waals surface area contributed by atoms with Crippen molar-refractivity contribution in [1.29, 1.82) is 0 Å². The number of methoxy groups -OCH3 is 4. The molecule has 0 radical (unpaired) electrons. The highest BCUT2D eigenvalue weighted by molar-refractivity contribution is 5.54. The van der Waals surface area contributed by atoms with Gasteiger partial charge in [0.05, 0.1) is 34.5 Å². The number of aliphatic hydroxyl groups is 1. The van der Waals surface area contributed by atoms with Crippen molar-refractivity contribution in [2.24, 2.45) is 11.8 Å². The van der Waals surface area contributed by atoms with Crippen molar-refractivity contribution in [3.05, 3.63) is 47.0 Å². The zero-order valence-corrected chi connectivity index (χ0v) is 16.8. The van der Waals surface area contributed by atoms with Crippen LogP contribution in [0, 0.1) is 11.8 Å². The molecule has 0 saturated heterocycles. The first-order valence-electron chi connectivity index (χ1n) is 9.12. The second-order valence-electron chi connectivity index (χ2n) is 7.09. The van der Waals surface area contributed by atoms with Crippen molar-refractivity contribution < 1.29 is 24.1 Å². The summed E-state index contributed by atoms with van der Waals surface area (Å²) in [6.07, 6.45) is -0.550. The number of ether oxygens (including phenoxy) is 4. The van der Waals surface area contributed by atoms with Crippen LogP contribution in [0.25, 0.3) is 0 Å². The van der Waals surface area contributed by atoms with Crippen LogP contribution in [0.4, 0.5) is 0 Å². The number of aliphatic hydroxyl groups excluding tert-OH is 1. The molecule has 2 aromatic rings. The normalized spacial score (nSPS) is 24.1. The molecule has 2 aromatic carbocycles. The van der Waals surface area contributed by atoms with Gasteiger partial charge >= 0.3 is 0 Å². The molecule has 4 atom stereocenters. The molecule has 0 aromatic heterocycles. The van der Waals surface area contributed by atoms with Crippen LogP contribution >= 0.6 is 0 Å². The highest BCUT2D eigenvalue weighted by atomic mass is 16.5. The summed E-state index contributed by atoms with van der Waals surface area (Å²) in [5, 5.41) is 10.9. The van der Waals surface area contributed by atoms with Crippen molar-refractivity contribution in [3.8, 4) is 23.0 Å². The van der Waals surface area contributed by atoms with Crippen molar-refractivity contribution in [3.63, 3.8) is 0 Å². The highest BCUT2D eigenvalue weighted by Crippen LogP contribution is 2.51. The molecular weight excluding hydrogens is 344 g/mol. The number of benzene rings is 2. The van der Waals surface area contributed by atoms with Crippen LogP contribution in [0.1, 0.15) is 42.6 Å². The van der Waals surface area contributed by atoms with Crippen LogP contribution in [0.3, 0.4) is 0 Å². The largest absolute Gasteiger partial charge is 0.493 e. The smallest absolute Gasteiger partial charge is 0.161 e. The monoisotopic (exact) mass is 372 g/mol. The Kier molecular flexibility index (Phi) is 5.51. The van der Waals surface area contributed by atoms with Gasteiger partial charge in [-0.15, -0.1) is 0 Å². The van der Waals surface area contributed by atoms with Gasteiger partial charge in [-0.2, -0.15) is 0 Å². The summed E-state index contributed by atoms with van der Waals surface area (Å²) in [6.45, 7) is 4.26. The molecule has 3 rings (SSSR count). The van der Waals surface area contributed by atoms with E-state index in [0.29, 0.717) is 23.0 Å². The lowest BCUT2D eigenvalue weighted by atomic mass is 9.66. The van der Waals surface area contributed by atoms with Gasteiger partial charge in [0, 0.05) is 5.92 Å². The molecular formula is C22H28O5. The molecule has 27 heavy (non-hydrogen) atoms. The number of rotatable bonds is 5. The van der Waals surface area contributed by atoms with Gasteiger partial charge in [-0.1, -0.05) is 19.9 Å². The predicted octanol–water partition coefficient (Wildman–Crippen LogP) is 4.17. The first kappa shape index (κ1) is 19.4. The Morgan fingerprint density at radius 1 is 0.667 bits per heavy atom. The lowest BCUT2D eigenvalue weighted by molar-refractivity contribution is 0.0684.